The Kier molecular flexibility index (Phi) is 5.97. The smallest absolute Gasteiger partial charge is 0.238 e. The van der Waals surface area contributed by atoms with E-state index in [0.29, 0.717) is 12.3 Å². The van der Waals surface area contributed by atoms with E-state index in [9.17, 15) is 8.42 Å². The van der Waals surface area contributed by atoms with E-state index in [4.69, 9.17) is 5.14 Å². The number of nitrogens with one attached hydrogen (secondary N) is 1. The highest BCUT2D eigenvalue weighted by Gasteiger charge is 2.18. The first-order chi connectivity index (χ1) is 8.86. The number of hydrogen-bond donors (Lipinski definition) is 2. The van der Waals surface area contributed by atoms with Crippen molar-refractivity contribution >= 4 is 10.0 Å². The predicted octanol–water partition coefficient (Wildman–Crippen LogP) is 1.90. The molecule has 3 N–H and O–H groups in total. The van der Waals surface area contributed by atoms with Crippen LogP contribution < -0.4 is 10.5 Å². The van der Waals surface area contributed by atoms with Crippen LogP contribution in [-0.2, 0) is 16.4 Å². The molecule has 0 heterocycles. The van der Waals surface area contributed by atoms with Crippen LogP contribution in [0, 0.1) is 5.92 Å². The molecule has 0 bridgehead atoms. The number of rotatable bonds is 7. The van der Waals surface area contributed by atoms with Crippen molar-refractivity contribution < 1.29 is 8.42 Å². The Morgan fingerprint density at radius 1 is 1.26 bits per heavy atom. The first kappa shape index (κ1) is 16.1. The van der Waals surface area contributed by atoms with Gasteiger partial charge in [0.25, 0.3) is 0 Å². The minimum Gasteiger partial charge on any atom is -0.313 e. The molecule has 0 aliphatic rings. The van der Waals surface area contributed by atoms with E-state index in [1.54, 1.807) is 12.1 Å². The van der Waals surface area contributed by atoms with Crippen molar-refractivity contribution in [1.82, 2.24) is 5.32 Å². The third kappa shape index (κ3) is 4.93. The third-order valence-corrected chi connectivity index (χ3v) is 4.19. The second kappa shape index (κ2) is 7.03. The van der Waals surface area contributed by atoms with Crippen LogP contribution >= 0.6 is 0 Å². The van der Waals surface area contributed by atoms with Crippen molar-refractivity contribution in [2.75, 3.05) is 6.54 Å². The lowest BCUT2D eigenvalue weighted by Gasteiger charge is -2.23. The Bertz CT molecular complexity index is 498. The van der Waals surface area contributed by atoms with Crippen molar-refractivity contribution in [3.05, 3.63) is 29.8 Å². The lowest BCUT2D eigenvalue weighted by atomic mass is 9.96. The summed E-state index contributed by atoms with van der Waals surface area (Å²) in [4.78, 5) is 0.235. The second-order valence-corrected chi connectivity index (χ2v) is 6.69. The molecule has 0 spiro atoms. The molecule has 0 saturated heterocycles. The van der Waals surface area contributed by atoms with Crippen molar-refractivity contribution in [3.63, 3.8) is 0 Å². The lowest BCUT2D eigenvalue weighted by Crippen LogP contribution is -2.36. The van der Waals surface area contributed by atoms with Gasteiger partial charge < -0.3 is 5.32 Å². The van der Waals surface area contributed by atoms with Crippen molar-refractivity contribution in [2.24, 2.45) is 11.1 Å². The molecule has 0 fully saturated rings. The zero-order valence-electron chi connectivity index (χ0n) is 11.9. The average Bonchev–Trinajstić information content (AvgIpc) is 2.33. The molecular formula is C14H24N2O2S. The third-order valence-electron chi connectivity index (χ3n) is 3.18. The Balaban J connectivity index is 2.97. The Hall–Kier alpha value is -0.910. The van der Waals surface area contributed by atoms with Crippen LogP contribution in [0.4, 0.5) is 0 Å². The van der Waals surface area contributed by atoms with Gasteiger partial charge in [-0.1, -0.05) is 39.0 Å². The summed E-state index contributed by atoms with van der Waals surface area (Å²) in [6.45, 7) is 7.31. The van der Waals surface area contributed by atoms with Gasteiger partial charge >= 0.3 is 0 Å². The summed E-state index contributed by atoms with van der Waals surface area (Å²) < 4.78 is 23.2. The average molecular weight is 284 g/mol. The number of hydrogen-bond acceptors (Lipinski definition) is 3. The topological polar surface area (TPSA) is 72.2 Å². The first-order valence-electron chi connectivity index (χ1n) is 6.70. The van der Waals surface area contributed by atoms with E-state index in [1.807, 2.05) is 12.1 Å². The number of nitrogens with two attached hydrogens (primary N) is 1. The Morgan fingerprint density at radius 2 is 1.89 bits per heavy atom. The van der Waals surface area contributed by atoms with Gasteiger partial charge in [0.05, 0.1) is 4.90 Å². The minimum atomic E-state index is -3.65. The zero-order chi connectivity index (χ0) is 14.5. The molecule has 0 aliphatic heterocycles. The van der Waals surface area contributed by atoms with Crippen LogP contribution in [0.15, 0.2) is 29.2 Å². The molecule has 5 heteroatoms. The predicted molar refractivity (Wildman–Crippen MR) is 78.4 cm³/mol. The summed E-state index contributed by atoms with van der Waals surface area (Å²) in [5, 5.41) is 8.72. The van der Waals surface area contributed by atoms with Gasteiger partial charge in [-0.15, -0.1) is 0 Å². The van der Waals surface area contributed by atoms with Gasteiger partial charge in [0.15, 0.2) is 0 Å². The molecular weight excluding hydrogens is 260 g/mol. The van der Waals surface area contributed by atoms with E-state index in [1.165, 1.54) is 0 Å². The second-order valence-electron chi connectivity index (χ2n) is 5.16. The van der Waals surface area contributed by atoms with Crippen LogP contribution in [0.25, 0.3) is 0 Å². The fraction of sp³-hybridized carbons (Fsp3) is 0.571. The van der Waals surface area contributed by atoms with Gasteiger partial charge in [-0.25, -0.2) is 13.6 Å². The van der Waals surface area contributed by atoms with Crippen LogP contribution in [0.5, 0.6) is 0 Å². The van der Waals surface area contributed by atoms with Gasteiger partial charge in [-0.3, -0.25) is 0 Å². The maximum Gasteiger partial charge on any atom is 0.238 e. The molecule has 0 aliphatic carbocycles. The summed E-state index contributed by atoms with van der Waals surface area (Å²) in [5.74, 6) is 0.431. The fourth-order valence-electron chi connectivity index (χ4n) is 2.06. The molecule has 1 aromatic rings. The van der Waals surface area contributed by atoms with Crippen molar-refractivity contribution in [1.29, 1.82) is 0 Å². The van der Waals surface area contributed by atoms with Crippen LogP contribution in [0.3, 0.4) is 0 Å². The standard InChI is InChI=1S/C14H24N2O2S/c1-4-9-16-13(11(2)3)10-12-7-5-6-8-14(12)19(15,17)18/h5-8,11,13,16H,4,9-10H2,1-3H3,(H2,15,17,18). The highest BCUT2D eigenvalue weighted by molar-refractivity contribution is 7.89. The molecule has 0 saturated carbocycles. The molecule has 1 atom stereocenters. The summed E-state index contributed by atoms with van der Waals surface area (Å²) in [7, 11) is -3.65. The van der Waals surface area contributed by atoms with Gasteiger partial charge in [0.2, 0.25) is 10.0 Å². The maximum absolute atomic E-state index is 11.6. The molecule has 19 heavy (non-hydrogen) atoms. The highest BCUT2D eigenvalue weighted by Crippen LogP contribution is 2.18. The largest absolute Gasteiger partial charge is 0.313 e. The number of benzene rings is 1. The molecule has 1 aromatic carbocycles. The van der Waals surface area contributed by atoms with Crippen molar-refractivity contribution in [3.8, 4) is 0 Å². The normalized spacial score (nSPS) is 13.7. The fourth-order valence-corrected chi connectivity index (χ4v) is 2.85. The monoisotopic (exact) mass is 284 g/mol. The molecule has 1 rings (SSSR count). The summed E-state index contributed by atoms with van der Waals surface area (Å²) in [6, 6.07) is 7.21. The van der Waals surface area contributed by atoms with Crippen molar-refractivity contribution in [2.45, 2.75) is 44.6 Å². The number of primary sulfonamides is 1. The molecule has 108 valence electrons. The molecule has 0 amide bonds. The SMILES string of the molecule is CCCNC(Cc1ccccc1S(N)(=O)=O)C(C)C. The van der Waals surface area contributed by atoms with Gasteiger partial charge in [0, 0.05) is 6.04 Å². The molecule has 0 radical (unpaired) electrons. The highest BCUT2D eigenvalue weighted by atomic mass is 32.2. The van der Waals surface area contributed by atoms with Crippen LogP contribution in [-0.4, -0.2) is 21.0 Å². The Morgan fingerprint density at radius 3 is 2.42 bits per heavy atom. The van der Waals surface area contributed by atoms with Gasteiger partial charge in [-0.05, 0) is 36.9 Å². The van der Waals surface area contributed by atoms with Crippen LogP contribution in [0.1, 0.15) is 32.8 Å². The minimum absolute atomic E-state index is 0.235. The summed E-state index contributed by atoms with van der Waals surface area (Å²) in [6.07, 6.45) is 1.73. The van der Waals surface area contributed by atoms with Gasteiger partial charge in [-0.2, -0.15) is 0 Å². The summed E-state index contributed by atoms with van der Waals surface area (Å²) >= 11 is 0. The Labute approximate surface area is 116 Å². The lowest BCUT2D eigenvalue weighted by molar-refractivity contribution is 0.395. The van der Waals surface area contributed by atoms with E-state index >= 15 is 0 Å². The van der Waals surface area contributed by atoms with E-state index in [-0.39, 0.29) is 10.9 Å². The quantitative estimate of drug-likeness (QED) is 0.803. The van der Waals surface area contributed by atoms with E-state index < -0.39 is 10.0 Å². The molecule has 1 unspecified atom stereocenters. The maximum atomic E-state index is 11.6. The van der Waals surface area contributed by atoms with Gasteiger partial charge in [0.1, 0.15) is 0 Å². The first-order valence-corrected chi connectivity index (χ1v) is 8.25. The summed E-state index contributed by atoms with van der Waals surface area (Å²) in [5.41, 5.74) is 0.785. The number of sulfonamides is 1. The zero-order valence-corrected chi connectivity index (χ0v) is 12.7. The molecule has 4 nitrogen and oxygen atoms in total. The molecule has 0 aromatic heterocycles. The van der Waals surface area contributed by atoms with E-state index in [2.05, 4.69) is 26.1 Å². The van der Waals surface area contributed by atoms with Crippen LogP contribution in [0.2, 0.25) is 0 Å². The van der Waals surface area contributed by atoms with E-state index in [0.717, 1.165) is 18.5 Å².